The van der Waals surface area contributed by atoms with E-state index in [1.165, 1.54) is 29.5 Å². The van der Waals surface area contributed by atoms with Gasteiger partial charge in [-0.25, -0.2) is 8.78 Å². The molecule has 6 nitrogen and oxygen atoms in total. The average molecular weight is 509 g/mol. The molecular formula is C27H26F2N4O2S. The summed E-state index contributed by atoms with van der Waals surface area (Å²) in [5.74, 6) is -1.24. The second-order valence-corrected chi connectivity index (χ2v) is 10.4. The molecule has 3 heterocycles. The number of carbonyl (C=O) groups excluding carboxylic acids is 1. The fourth-order valence-corrected chi connectivity index (χ4v) is 6.06. The van der Waals surface area contributed by atoms with Gasteiger partial charge in [0.15, 0.2) is 0 Å². The number of amides is 1. The van der Waals surface area contributed by atoms with E-state index < -0.39 is 17.7 Å². The summed E-state index contributed by atoms with van der Waals surface area (Å²) in [6.45, 7) is 2.04. The number of thiophene rings is 1. The van der Waals surface area contributed by atoms with Gasteiger partial charge in [-0.1, -0.05) is 12.1 Å². The summed E-state index contributed by atoms with van der Waals surface area (Å²) in [7, 11) is 0. The fraction of sp³-hybridized carbons (Fsp3) is 0.333. The van der Waals surface area contributed by atoms with E-state index in [1.807, 2.05) is 11.0 Å². The van der Waals surface area contributed by atoms with Crippen molar-refractivity contribution in [3.05, 3.63) is 64.5 Å². The Morgan fingerprint density at radius 3 is 2.50 bits per heavy atom. The van der Waals surface area contributed by atoms with Gasteiger partial charge in [0.05, 0.1) is 22.2 Å². The summed E-state index contributed by atoms with van der Waals surface area (Å²) in [6.07, 6.45) is 1.81. The molecule has 2 fully saturated rings. The third-order valence-corrected chi connectivity index (χ3v) is 7.97. The molecule has 0 radical (unpaired) electrons. The molecule has 1 aromatic heterocycles. The Balaban J connectivity index is 1.56. The van der Waals surface area contributed by atoms with Crippen molar-refractivity contribution in [1.82, 2.24) is 4.90 Å². The predicted octanol–water partition coefficient (Wildman–Crippen LogP) is 4.37. The molecule has 1 amide bonds. The minimum atomic E-state index is -0.656. The van der Waals surface area contributed by atoms with Crippen LogP contribution in [-0.2, 0) is 0 Å². The van der Waals surface area contributed by atoms with Crippen molar-refractivity contribution in [3.63, 3.8) is 0 Å². The topological polar surface area (TPSA) is 93.6 Å². The molecule has 3 aromatic rings. The number of aliphatic hydroxyl groups excluding tert-OH is 1. The second-order valence-electron chi connectivity index (χ2n) is 9.37. The first-order valence-corrected chi connectivity index (χ1v) is 12.8. The zero-order chi connectivity index (χ0) is 25.4. The van der Waals surface area contributed by atoms with Crippen LogP contribution in [0.4, 0.5) is 14.5 Å². The van der Waals surface area contributed by atoms with Gasteiger partial charge in [-0.15, -0.1) is 11.3 Å². The van der Waals surface area contributed by atoms with Crippen molar-refractivity contribution >= 4 is 22.9 Å². The number of nitrogens with zero attached hydrogens (tertiary/aromatic N) is 3. The Morgan fingerprint density at radius 2 is 1.83 bits per heavy atom. The molecule has 186 valence electrons. The van der Waals surface area contributed by atoms with E-state index in [0.29, 0.717) is 64.7 Å². The quantitative estimate of drug-likeness (QED) is 0.546. The molecule has 3 N–H and O–H groups in total. The van der Waals surface area contributed by atoms with Crippen LogP contribution in [0.25, 0.3) is 21.6 Å². The highest BCUT2D eigenvalue weighted by Gasteiger charge is 2.27. The number of likely N-dealkylation sites (tertiary alicyclic amines) is 1. The van der Waals surface area contributed by atoms with E-state index >= 15 is 4.39 Å². The van der Waals surface area contributed by atoms with E-state index in [1.54, 1.807) is 29.2 Å². The van der Waals surface area contributed by atoms with Crippen LogP contribution in [0.5, 0.6) is 0 Å². The standard InChI is InChI=1S/C27H26F2N4O2S/c28-22-10-16(3-4-18(22)13-30)21-12-25(27(35)33-8-1-2-19(31)14-33)36-26(21)17-5-6-24(23(29)11-17)32-9-7-20(34)15-32/h3-6,10-12,19-20,34H,1-2,7-9,14-15,31H2/t19-,20?/m1/s1. The molecular weight excluding hydrogens is 482 g/mol. The lowest BCUT2D eigenvalue weighted by atomic mass is 10.00. The van der Waals surface area contributed by atoms with E-state index in [-0.39, 0.29) is 17.5 Å². The van der Waals surface area contributed by atoms with Gasteiger partial charge in [0.2, 0.25) is 0 Å². The van der Waals surface area contributed by atoms with Crippen molar-refractivity contribution in [2.75, 3.05) is 31.1 Å². The first kappa shape index (κ1) is 24.4. The average Bonchev–Trinajstić information content (AvgIpc) is 3.50. The summed E-state index contributed by atoms with van der Waals surface area (Å²) in [5.41, 5.74) is 8.07. The number of hydrogen-bond donors (Lipinski definition) is 2. The highest BCUT2D eigenvalue weighted by atomic mass is 32.1. The van der Waals surface area contributed by atoms with Crippen LogP contribution in [0.3, 0.4) is 0 Å². The zero-order valence-electron chi connectivity index (χ0n) is 19.6. The lowest BCUT2D eigenvalue weighted by molar-refractivity contribution is 0.0713. The predicted molar refractivity (Wildman–Crippen MR) is 136 cm³/mol. The number of aliphatic hydroxyl groups is 1. The third kappa shape index (κ3) is 4.72. The molecule has 0 saturated carbocycles. The normalized spacial score (nSPS) is 20.0. The van der Waals surface area contributed by atoms with Crippen molar-refractivity contribution in [3.8, 4) is 27.6 Å². The number of nitrogens with two attached hydrogens (primary N) is 1. The Morgan fingerprint density at radius 1 is 1.06 bits per heavy atom. The van der Waals surface area contributed by atoms with Gasteiger partial charge in [-0.3, -0.25) is 4.79 Å². The number of hydrogen-bond acceptors (Lipinski definition) is 6. The van der Waals surface area contributed by atoms with Crippen molar-refractivity contribution in [1.29, 1.82) is 5.26 Å². The van der Waals surface area contributed by atoms with Crippen LogP contribution < -0.4 is 10.6 Å². The number of benzene rings is 2. The van der Waals surface area contributed by atoms with Crippen LogP contribution >= 0.6 is 11.3 Å². The Hall–Kier alpha value is -3.32. The Kier molecular flexibility index (Phi) is 6.75. The SMILES string of the molecule is N#Cc1ccc(-c2cc(C(=O)N3CCC[C@@H](N)C3)sc2-c2ccc(N3CCC(O)C3)c(F)c2)cc1F. The van der Waals surface area contributed by atoms with E-state index in [9.17, 15) is 14.3 Å². The molecule has 2 saturated heterocycles. The Bertz CT molecular complexity index is 1350. The number of carbonyl (C=O) groups is 1. The van der Waals surface area contributed by atoms with Crippen LogP contribution in [0, 0.1) is 23.0 Å². The van der Waals surface area contributed by atoms with Crippen molar-refractivity contribution in [2.45, 2.75) is 31.4 Å². The van der Waals surface area contributed by atoms with Gasteiger partial charge in [0.1, 0.15) is 17.7 Å². The lowest BCUT2D eigenvalue weighted by Gasteiger charge is -2.30. The number of nitriles is 1. The van der Waals surface area contributed by atoms with Crippen LogP contribution in [0.1, 0.15) is 34.5 Å². The fourth-order valence-electron chi connectivity index (χ4n) is 4.91. The largest absolute Gasteiger partial charge is 0.391 e. The van der Waals surface area contributed by atoms with Gasteiger partial charge in [0.25, 0.3) is 5.91 Å². The highest BCUT2D eigenvalue weighted by Crippen LogP contribution is 2.41. The van der Waals surface area contributed by atoms with Gasteiger partial charge in [-0.05, 0) is 60.7 Å². The number of piperidine rings is 1. The van der Waals surface area contributed by atoms with Crippen LogP contribution in [0.15, 0.2) is 42.5 Å². The first-order valence-electron chi connectivity index (χ1n) is 12.0. The smallest absolute Gasteiger partial charge is 0.264 e. The summed E-state index contributed by atoms with van der Waals surface area (Å²) in [6, 6.07) is 12.6. The lowest BCUT2D eigenvalue weighted by Crippen LogP contribution is -2.45. The Labute approximate surface area is 212 Å². The van der Waals surface area contributed by atoms with E-state index in [2.05, 4.69) is 0 Å². The maximum Gasteiger partial charge on any atom is 0.264 e. The number of β-amino-alcohol motifs (C(OH)–C–C–N with tert-alkyl or cyclic N) is 1. The minimum Gasteiger partial charge on any atom is -0.391 e. The minimum absolute atomic E-state index is 0.0695. The summed E-state index contributed by atoms with van der Waals surface area (Å²) in [5, 5.41) is 18.9. The molecule has 5 rings (SSSR count). The molecule has 0 bridgehead atoms. The molecule has 2 aromatic carbocycles. The summed E-state index contributed by atoms with van der Waals surface area (Å²) < 4.78 is 29.7. The van der Waals surface area contributed by atoms with Gasteiger partial charge >= 0.3 is 0 Å². The van der Waals surface area contributed by atoms with Crippen molar-refractivity contribution in [2.24, 2.45) is 5.73 Å². The second kappa shape index (κ2) is 9.97. The molecule has 1 unspecified atom stereocenters. The summed E-state index contributed by atoms with van der Waals surface area (Å²) >= 11 is 1.23. The van der Waals surface area contributed by atoms with E-state index in [4.69, 9.17) is 11.0 Å². The van der Waals surface area contributed by atoms with E-state index in [0.717, 1.165) is 12.8 Å². The third-order valence-electron chi connectivity index (χ3n) is 6.80. The molecule has 36 heavy (non-hydrogen) atoms. The van der Waals surface area contributed by atoms with Crippen LogP contribution in [0.2, 0.25) is 0 Å². The maximum atomic E-state index is 15.2. The molecule has 0 aliphatic carbocycles. The monoisotopic (exact) mass is 508 g/mol. The number of halogens is 2. The maximum absolute atomic E-state index is 15.2. The number of rotatable bonds is 4. The molecule has 2 aliphatic heterocycles. The first-order chi connectivity index (χ1) is 17.3. The van der Waals surface area contributed by atoms with Gasteiger partial charge < -0.3 is 20.6 Å². The summed E-state index contributed by atoms with van der Waals surface area (Å²) in [4.78, 5) is 18.0. The zero-order valence-corrected chi connectivity index (χ0v) is 20.4. The van der Waals surface area contributed by atoms with Gasteiger partial charge in [-0.2, -0.15) is 5.26 Å². The number of anilines is 1. The van der Waals surface area contributed by atoms with Crippen molar-refractivity contribution < 1.29 is 18.7 Å². The molecule has 0 spiro atoms. The van der Waals surface area contributed by atoms with Gasteiger partial charge in [0, 0.05) is 42.7 Å². The van der Waals surface area contributed by atoms with Crippen LogP contribution in [-0.4, -0.2) is 54.2 Å². The highest BCUT2D eigenvalue weighted by molar-refractivity contribution is 7.18. The molecule has 2 atom stereocenters. The molecule has 9 heteroatoms. The molecule has 2 aliphatic rings.